The normalized spacial score (nSPS) is 14.4. The number of pyridine rings is 1. The first kappa shape index (κ1) is 44.9. The predicted molar refractivity (Wildman–Crippen MR) is 245 cm³/mol. The summed E-state index contributed by atoms with van der Waals surface area (Å²) in [4.78, 5) is 23.6. The van der Waals surface area contributed by atoms with Crippen molar-refractivity contribution in [2.75, 3.05) is 17.2 Å². The Bertz CT molecular complexity index is 3410. The lowest BCUT2D eigenvalue weighted by molar-refractivity contribution is 0.104. The lowest BCUT2D eigenvalue weighted by Crippen LogP contribution is -2.35. The molecule has 0 atom stereocenters. The van der Waals surface area contributed by atoms with Crippen molar-refractivity contribution in [1.82, 2.24) is 9.71 Å². The molecule has 0 saturated carbocycles. The molecule has 19 heteroatoms. The minimum absolute atomic E-state index is 0.00589. The summed E-state index contributed by atoms with van der Waals surface area (Å²) in [5.41, 5.74) is 1.28. The molecule has 2 heterocycles. The van der Waals surface area contributed by atoms with Crippen LogP contribution in [-0.4, -0.2) is 57.5 Å². The first-order valence-electron chi connectivity index (χ1n) is 20.1. The van der Waals surface area contributed by atoms with Crippen LogP contribution >= 0.6 is 0 Å². The fourth-order valence-corrected chi connectivity index (χ4v) is 10.8. The molecule has 1 aliphatic carbocycles. The van der Waals surface area contributed by atoms with E-state index in [-0.39, 0.29) is 96.6 Å². The van der Waals surface area contributed by atoms with Gasteiger partial charge in [-0.2, -0.15) is 22.1 Å². The van der Waals surface area contributed by atoms with Gasteiger partial charge in [-0.1, -0.05) is 77.1 Å². The van der Waals surface area contributed by atoms with Gasteiger partial charge in [0.1, 0.15) is 26.9 Å². The van der Waals surface area contributed by atoms with E-state index in [1.54, 1.807) is 42.5 Å². The highest BCUT2D eigenvalue weighted by atomic mass is 32.2. The van der Waals surface area contributed by atoms with Gasteiger partial charge in [0, 0.05) is 34.8 Å². The fourth-order valence-electron chi connectivity index (χ4n) is 8.56. The highest BCUT2D eigenvalue weighted by molar-refractivity contribution is 7.90. The van der Waals surface area contributed by atoms with E-state index in [0.717, 1.165) is 12.1 Å². The molecule has 5 aromatic carbocycles. The van der Waals surface area contributed by atoms with Crippen LogP contribution in [0.5, 0.6) is 11.5 Å². The highest BCUT2D eigenvalue weighted by Crippen LogP contribution is 2.50. The summed E-state index contributed by atoms with van der Waals surface area (Å²) in [5, 5.41) is 16.0. The van der Waals surface area contributed by atoms with Crippen LogP contribution in [0.3, 0.4) is 0 Å². The Labute approximate surface area is 376 Å². The molecule has 65 heavy (non-hydrogen) atoms. The van der Waals surface area contributed by atoms with Gasteiger partial charge in [0.25, 0.3) is 30.3 Å². The maximum Gasteiger partial charge on any atom is 0.298 e. The minimum Gasteiger partial charge on any atom is -0.454 e. The molecule has 0 unspecified atom stereocenters. The number of carbonyl (C=O) groups excluding carboxylic acids is 1. The monoisotopic (exact) mass is 934 g/mol. The molecule has 0 radical (unpaired) electrons. The highest BCUT2D eigenvalue weighted by Gasteiger charge is 2.38. The van der Waals surface area contributed by atoms with E-state index in [2.05, 4.69) is 42.2 Å². The van der Waals surface area contributed by atoms with Crippen LogP contribution in [0.2, 0.25) is 0 Å². The molecular weight excluding hydrogens is 893 g/mol. The summed E-state index contributed by atoms with van der Waals surface area (Å²) in [7, 11) is -13.8. The summed E-state index contributed by atoms with van der Waals surface area (Å²) in [6.07, 6.45) is 0.644. The number of carbonyl (C=O) groups is 1. The fraction of sp³-hybridized carbons (Fsp3) is 0.217. The Balaban J connectivity index is 1.47. The molecule has 2 aliphatic rings. The van der Waals surface area contributed by atoms with E-state index in [0.29, 0.717) is 17.5 Å². The Morgan fingerprint density at radius 2 is 1.49 bits per heavy atom. The number of aliphatic imine (C=N–C) groups is 1. The van der Waals surface area contributed by atoms with Crippen molar-refractivity contribution in [3.05, 3.63) is 119 Å². The number of ether oxygens (including phenoxy) is 1. The second-order valence-corrected chi connectivity index (χ2v) is 21.9. The second-order valence-electron chi connectivity index (χ2n) is 17.5. The van der Waals surface area contributed by atoms with Crippen molar-refractivity contribution in [3.63, 3.8) is 0 Å². The smallest absolute Gasteiger partial charge is 0.298 e. The minimum atomic E-state index is -4.96. The van der Waals surface area contributed by atoms with Gasteiger partial charge in [0.05, 0.1) is 39.9 Å². The molecule has 6 aromatic rings. The Hall–Kier alpha value is -6.69. The number of amidine groups is 1. The number of nitrogens with one attached hydrogen (secondary N) is 3. The maximum atomic E-state index is 14.9. The molecule has 16 nitrogen and oxygen atoms in total. The quantitative estimate of drug-likeness (QED) is 0.0567. The number of para-hydroxylation sites is 1. The van der Waals surface area contributed by atoms with Crippen molar-refractivity contribution >= 4 is 75.7 Å². The van der Waals surface area contributed by atoms with Gasteiger partial charge >= 0.3 is 0 Å². The molecule has 1 aliphatic heterocycles. The van der Waals surface area contributed by atoms with Gasteiger partial charge in [-0.3, -0.25) is 18.6 Å². The predicted octanol–water partition coefficient (Wildman–Crippen LogP) is 8.89. The number of benzene rings is 5. The molecule has 0 saturated heterocycles. The average Bonchev–Trinajstić information content (AvgIpc) is 3.21. The van der Waals surface area contributed by atoms with Crippen LogP contribution in [-0.2, 0) is 35.7 Å². The number of sulfonamides is 1. The number of aromatic nitrogens is 1. The molecule has 0 bridgehead atoms. The number of nitriles is 1. The number of ketones is 1. The third-order valence-electron chi connectivity index (χ3n) is 10.9. The Morgan fingerprint density at radius 3 is 2.15 bits per heavy atom. The number of hydrogen-bond acceptors (Lipinski definition) is 13. The van der Waals surface area contributed by atoms with Crippen molar-refractivity contribution in [1.29, 1.82) is 5.26 Å². The van der Waals surface area contributed by atoms with Gasteiger partial charge in [-0.05, 0) is 76.9 Å². The lowest BCUT2D eigenvalue weighted by Gasteiger charge is -2.33. The summed E-state index contributed by atoms with van der Waals surface area (Å²) < 4.78 is 107. The molecule has 8 rings (SSSR count). The van der Waals surface area contributed by atoms with Gasteiger partial charge in [-0.25, -0.2) is 18.4 Å². The summed E-state index contributed by atoms with van der Waals surface area (Å²) in [6, 6.07) is 25.7. The van der Waals surface area contributed by atoms with E-state index in [9.17, 15) is 44.4 Å². The number of rotatable bonds is 12. The van der Waals surface area contributed by atoms with E-state index in [4.69, 9.17) is 14.7 Å². The third kappa shape index (κ3) is 8.66. The topological polar surface area (TPSA) is 254 Å². The van der Waals surface area contributed by atoms with Crippen LogP contribution in [0, 0.1) is 16.7 Å². The van der Waals surface area contributed by atoms with E-state index >= 15 is 0 Å². The first-order valence-corrected chi connectivity index (χ1v) is 24.5. The van der Waals surface area contributed by atoms with Gasteiger partial charge in [0.15, 0.2) is 17.4 Å². The van der Waals surface area contributed by atoms with Gasteiger partial charge in [-0.15, -0.1) is 0 Å². The van der Waals surface area contributed by atoms with Crippen molar-refractivity contribution in [2.24, 2.45) is 10.4 Å². The number of anilines is 3. The molecule has 334 valence electrons. The average molecular weight is 935 g/mol. The molecular formula is C46H42N6O10S3. The molecule has 1 aromatic heterocycles. The standard InChI is InChI=1S/C46H42N6O10S3/c1-45(2,3)25-46(4,5)26-15-20-33(36(23-26)65(59,60)61)62-34-24-32(49-27-16-18-28(19-17-27)64(56,57)58)38-39-37(29-11-6-7-12-30(29)42(38)53)40(43(51-41(34)39)48-22-10-21-47)44-50-31-13-8-9-14-35(31)63(54,55)52-44/h6-9,11-20,23-24,49H,10,22,25H2,1-5H3,(H,48,51)(H,50,52)(H,56,57,58)(H,59,60,61). The number of hydrogen-bond donors (Lipinski definition) is 5. The zero-order valence-electron chi connectivity index (χ0n) is 35.6. The lowest BCUT2D eigenvalue weighted by atomic mass is 9.72. The second kappa shape index (κ2) is 16.1. The third-order valence-corrected chi connectivity index (χ3v) is 14.0. The summed E-state index contributed by atoms with van der Waals surface area (Å²) in [6.45, 7) is 10.1. The molecule has 0 amide bonds. The zero-order valence-corrected chi connectivity index (χ0v) is 38.0. The largest absolute Gasteiger partial charge is 0.454 e. The molecule has 0 fully saturated rings. The van der Waals surface area contributed by atoms with Crippen molar-refractivity contribution in [3.8, 4) is 28.7 Å². The van der Waals surface area contributed by atoms with Crippen molar-refractivity contribution in [2.45, 2.75) is 67.6 Å². The maximum absolute atomic E-state index is 14.9. The van der Waals surface area contributed by atoms with E-state index in [1.807, 2.05) is 13.8 Å². The van der Waals surface area contributed by atoms with Crippen LogP contribution in [0.25, 0.3) is 22.0 Å². The SMILES string of the molecule is CC(C)(C)CC(C)(C)c1ccc(Oc2cc(Nc3ccc(S(=O)(=O)O)cc3)c3c4c(c(C5=Nc6ccccc6S(=O)(=O)N5)c(NCCC#N)nc24)-c2ccccc2C3=O)c(S(=O)(=O)O)c1. The number of nitrogens with zero attached hydrogens (tertiary/aromatic N) is 3. The first-order chi connectivity index (χ1) is 30.5. The van der Waals surface area contributed by atoms with E-state index in [1.165, 1.54) is 42.5 Å². The summed E-state index contributed by atoms with van der Waals surface area (Å²) in [5.74, 6) is -1.06. The van der Waals surface area contributed by atoms with Crippen LogP contribution in [0.15, 0.2) is 117 Å². The Kier molecular flexibility index (Phi) is 11.1. The molecule has 5 N–H and O–H groups in total. The van der Waals surface area contributed by atoms with Crippen molar-refractivity contribution < 1.29 is 43.9 Å². The van der Waals surface area contributed by atoms with Gasteiger partial charge < -0.3 is 15.4 Å². The van der Waals surface area contributed by atoms with Gasteiger partial charge in [0.2, 0.25) is 0 Å². The molecule has 0 spiro atoms. The van der Waals surface area contributed by atoms with E-state index < -0.39 is 51.2 Å². The Morgan fingerprint density at radius 1 is 0.815 bits per heavy atom. The van der Waals surface area contributed by atoms with Crippen LogP contribution < -0.4 is 20.1 Å². The zero-order chi connectivity index (χ0) is 46.9. The number of fused-ring (bicyclic) bond motifs is 3. The van der Waals surface area contributed by atoms with Crippen LogP contribution in [0.4, 0.5) is 22.9 Å². The van der Waals surface area contributed by atoms with Crippen LogP contribution in [0.1, 0.15) is 74.5 Å². The summed E-state index contributed by atoms with van der Waals surface area (Å²) >= 11 is 0.